The lowest BCUT2D eigenvalue weighted by atomic mass is 9.68. The summed E-state index contributed by atoms with van der Waals surface area (Å²) in [6.07, 6.45) is 4.40. The van der Waals surface area contributed by atoms with Crippen LogP contribution in [0.15, 0.2) is 6.20 Å². The molecule has 1 unspecified atom stereocenters. The summed E-state index contributed by atoms with van der Waals surface area (Å²) < 4.78 is 0. The van der Waals surface area contributed by atoms with E-state index in [1.54, 1.807) is 0 Å². The van der Waals surface area contributed by atoms with Gasteiger partial charge in [0.2, 0.25) is 0 Å². The van der Waals surface area contributed by atoms with Gasteiger partial charge in [0.05, 0.1) is 6.20 Å². The Kier molecular flexibility index (Phi) is 2.35. The fourth-order valence-corrected chi connectivity index (χ4v) is 2.43. The molecule has 0 bridgehead atoms. The molecule has 3 nitrogen and oxygen atoms in total. The fraction of sp³-hybridized carbons (Fsp3) is 0.727. The lowest BCUT2D eigenvalue weighted by molar-refractivity contribution is 0.237. The summed E-state index contributed by atoms with van der Waals surface area (Å²) in [5, 5.41) is 10.6. The molecule has 1 heterocycles. The first-order chi connectivity index (χ1) is 6.65. The van der Waals surface area contributed by atoms with Crippen molar-refractivity contribution in [3.8, 4) is 0 Å². The second-order valence-electron chi connectivity index (χ2n) is 4.91. The van der Waals surface area contributed by atoms with E-state index in [1.165, 1.54) is 24.1 Å². The lowest BCUT2D eigenvalue weighted by Gasteiger charge is -2.38. The van der Waals surface area contributed by atoms with Crippen LogP contribution >= 0.6 is 0 Å². The first-order valence-corrected chi connectivity index (χ1v) is 5.32. The van der Waals surface area contributed by atoms with Crippen molar-refractivity contribution in [2.75, 3.05) is 13.6 Å². The molecule has 2 N–H and O–H groups in total. The summed E-state index contributed by atoms with van der Waals surface area (Å²) in [4.78, 5) is 0. The quantitative estimate of drug-likeness (QED) is 0.750. The molecule has 1 aromatic heterocycles. The average molecular weight is 193 g/mol. The summed E-state index contributed by atoms with van der Waals surface area (Å²) in [7, 11) is 2.01. The number of H-pyrrole nitrogens is 1. The summed E-state index contributed by atoms with van der Waals surface area (Å²) in [6.45, 7) is 5.72. The van der Waals surface area contributed by atoms with Crippen LogP contribution in [-0.2, 0) is 6.42 Å². The van der Waals surface area contributed by atoms with Crippen LogP contribution in [0, 0.1) is 5.41 Å². The molecular formula is C11H19N3. The van der Waals surface area contributed by atoms with E-state index in [9.17, 15) is 0 Å². The molecule has 14 heavy (non-hydrogen) atoms. The van der Waals surface area contributed by atoms with Crippen LogP contribution in [0.4, 0.5) is 0 Å². The minimum Gasteiger partial charge on any atom is -0.319 e. The van der Waals surface area contributed by atoms with E-state index < -0.39 is 0 Å². The number of nitrogens with zero attached hydrogens (tertiary/aromatic N) is 1. The molecule has 1 aromatic rings. The zero-order valence-corrected chi connectivity index (χ0v) is 9.22. The van der Waals surface area contributed by atoms with Gasteiger partial charge in [0.25, 0.3) is 0 Å². The maximum absolute atomic E-state index is 4.15. The topological polar surface area (TPSA) is 40.7 Å². The third-order valence-corrected chi connectivity index (χ3v) is 3.49. The monoisotopic (exact) mass is 193 g/mol. The van der Waals surface area contributed by atoms with Crippen molar-refractivity contribution >= 4 is 0 Å². The molecule has 0 saturated heterocycles. The third-order valence-electron chi connectivity index (χ3n) is 3.49. The zero-order valence-electron chi connectivity index (χ0n) is 9.22. The van der Waals surface area contributed by atoms with Crippen LogP contribution in [0.2, 0.25) is 0 Å². The van der Waals surface area contributed by atoms with Gasteiger partial charge in [-0.15, -0.1) is 0 Å². The molecule has 78 valence electrons. The summed E-state index contributed by atoms with van der Waals surface area (Å²) >= 11 is 0. The largest absolute Gasteiger partial charge is 0.319 e. The number of rotatable bonds is 2. The first kappa shape index (κ1) is 9.71. The number of likely N-dealkylation sites (N-methyl/N-ethyl adjacent to an activating group) is 1. The highest BCUT2D eigenvalue weighted by Crippen LogP contribution is 2.43. The van der Waals surface area contributed by atoms with Gasteiger partial charge >= 0.3 is 0 Å². The van der Waals surface area contributed by atoms with Gasteiger partial charge in [0.15, 0.2) is 0 Å². The average Bonchev–Trinajstić information content (AvgIpc) is 2.58. The molecular weight excluding hydrogens is 174 g/mol. The van der Waals surface area contributed by atoms with Crippen LogP contribution in [-0.4, -0.2) is 23.8 Å². The molecule has 3 heteroatoms. The Hall–Kier alpha value is -0.830. The number of aryl methyl sites for hydroxylation is 1. The second-order valence-corrected chi connectivity index (χ2v) is 4.91. The van der Waals surface area contributed by atoms with E-state index in [4.69, 9.17) is 0 Å². The predicted octanol–water partition coefficient (Wildman–Crippen LogP) is 1.69. The highest BCUT2D eigenvalue weighted by atomic mass is 15.1. The molecule has 0 aliphatic heterocycles. The molecule has 0 aromatic carbocycles. The van der Waals surface area contributed by atoms with E-state index in [-0.39, 0.29) is 0 Å². The molecule has 0 spiro atoms. The number of hydrogen-bond donors (Lipinski definition) is 2. The second kappa shape index (κ2) is 3.39. The SMILES string of the molecule is CNCC1c2[nH]ncc2CCC1(C)C. The van der Waals surface area contributed by atoms with Gasteiger partial charge in [-0.3, -0.25) is 5.10 Å². The van der Waals surface area contributed by atoms with E-state index in [0.29, 0.717) is 11.3 Å². The fourth-order valence-electron chi connectivity index (χ4n) is 2.43. The number of fused-ring (bicyclic) bond motifs is 1. The van der Waals surface area contributed by atoms with Crippen molar-refractivity contribution in [2.24, 2.45) is 5.41 Å². The summed E-state index contributed by atoms with van der Waals surface area (Å²) in [5.74, 6) is 0.568. The molecule has 0 saturated carbocycles. The van der Waals surface area contributed by atoms with Crippen molar-refractivity contribution in [1.82, 2.24) is 15.5 Å². The maximum atomic E-state index is 4.15. The Morgan fingerprint density at radius 2 is 2.43 bits per heavy atom. The normalized spacial score (nSPS) is 24.6. The minimum atomic E-state index is 0.378. The highest BCUT2D eigenvalue weighted by Gasteiger charge is 2.36. The van der Waals surface area contributed by atoms with E-state index in [1.807, 2.05) is 13.2 Å². The molecule has 0 radical (unpaired) electrons. The van der Waals surface area contributed by atoms with Gasteiger partial charge < -0.3 is 5.32 Å². The molecule has 0 fully saturated rings. The van der Waals surface area contributed by atoms with E-state index in [0.717, 1.165) is 6.54 Å². The van der Waals surface area contributed by atoms with Crippen molar-refractivity contribution in [2.45, 2.75) is 32.6 Å². The molecule has 1 aliphatic rings. The first-order valence-electron chi connectivity index (χ1n) is 5.32. The van der Waals surface area contributed by atoms with E-state index in [2.05, 4.69) is 29.4 Å². The highest BCUT2D eigenvalue weighted by molar-refractivity contribution is 5.26. The van der Waals surface area contributed by atoms with Gasteiger partial charge in [0, 0.05) is 18.2 Å². The Morgan fingerprint density at radius 3 is 3.14 bits per heavy atom. The number of aromatic amines is 1. The standard InChI is InChI=1S/C11H19N3/c1-11(2)5-4-8-6-13-14-10(8)9(11)7-12-3/h6,9,12H,4-5,7H2,1-3H3,(H,13,14). The maximum Gasteiger partial charge on any atom is 0.0522 e. The van der Waals surface area contributed by atoms with Gasteiger partial charge in [-0.05, 0) is 30.9 Å². The Labute approximate surface area is 85.3 Å². The number of hydrogen-bond acceptors (Lipinski definition) is 2. The zero-order chi connectivity index (χ0) is 10.2. The molecule has 1 atom stereocenters. The number of nitrogens with one attached hydrogen (secondary N) is 2. The lowest BCUT2D eigenvalue weighted by Crippen LogP contribution is -2.34. The van der Waals surface area contributed by atoms with Gasteiger partial charge in [-0.25, -0.2) is 0 Å². The van der Waals surface area contributed by atoms with Gasteiger partial charge in [-0.1, -0.05) is 13.8 Å². The Balaban J connectivity index is 2.33. The molecule has 0 amide bonds. The third kappa shape index (κ3) is 1.46. The summed E-state index contributed by atoms with van der Waals surface area (Å²) in [6, 6.07) is 0. The Bertz CT molecular complexity index is 314. The van der Waals surface area contributed by atoms with Crippen LogP contribution < -0.4 is 5.32 Å². The van der Waals surface area contributed by atoms with Gasteiger partial charge in [-0.2, -0.15) is 5.10 Å². The Morgan fingerprint density at radius 1 is 1.64 bits per heavy atom. The summed E-state index contributed by atoms with van der Waals surface area (Å²) in [5.41, 5.74) is 3.13. The van der Waals surface area contributed by atoms with Crippen molar-refractivity contribution in [3.63, 3.8) is 0 Å². The van der Waals surface area contributed by atoms with Crippen LogP contribution in [0.3, 0.4) is 0 Å². The van der Waals surface area contributed by atoms with Crippen LogP contribution in [0.25, 0.3) is 0 Å². The minimum absolute atomic E-state index is 0.378. The van der Waals surface area contributed by atoms with E-state index >= 15 is 0 Å². The van der Waals surface area contributed by atoms with Crippen molar-refractivity contribution < 1.29 is 0 Å². The molecule has 1 aliphatic carbocycles. The van der Waals surface area contributed by atoms with Crippen LogP contribution in [0.1, 0.15) is 37.4 Å². The molecule has 2 rings (SSSR count). The van der Waals surface area contributed by atoms with Gasteiger partial charge in [0.1, 0.15) is 0 Å². The van der Waals surface area contributed by atoms with Crippen molar-refractivity contribution in [3.05, 3.63) is 17.5 Å². The smallest absolute Gasteiger partial charge is 0.0522 e. The number of aromatic nitrogens is 2. The van der Waals surface area contributed by atoms with Crippen LogP contribution in [0.5, 0.6) is 0 Å². The predicted molar refractivity (Wildman–Crippen MR) is 57.4 cm³/mol. The van der Waals surface area contributed by atoms with Crippen molar-refractivity contribution in [1.29, 1.82) is 0 Å².